The van der Waals surface area contributed by atoms with E-state index < -0.39 is 0 Å². The fraction of sp³-hybridized carbons (Fsp3) is 0.500. The minimum Gasteiger partial charge on any atom is -0.493 e. The lowest BCUT2D eigenvalue weighted by Crippen LogP contribution is -1.99. The molecule has 0 atom stereocenters. The van der Waals surface area contributed by atoms with E-state index in [1.54, 1.807) is 0 Å². The average Bonchev–Trinajstić information content (AvgIpc) is 3.08. The largest absolute Gasteiger partial charge is 0.493 e. The van der Waals surface area contributed by atoms with Crippen molar-refractivity contribution in [1.29, 1.82) is 5.26 Å². The molecule has 3 heteroatoms. The van der Waals surface area contributed by atoms with Gasteiger partial charge in [-0.25, -0.2) is 0 Å². The third-order valence-corrected chi connectivity index (χ3v) is 5.78. The lowest BCUT2D eigenvalue weighted by Gasteiger charge is -2.09. The first-order valence-corrected chi connectivity index (χ1v) is 11.3. The standard InChI is InChI=1S/C26H34N2O/c1-3-4-5-6-7-8-9-10-11-12-15-29-26-18-25-22(16-20(26)2)23-17-21(19-27)13-14-24(23)28-25/h13-14,16-18,28H,3-12,15H2,1-2H3. The van der Waals surface area contributed by atoms with Crippen LogP contribution in [0.1, 0.15) is 82.3 Å². The molecule has 0 aliphatic carbocycles. The molecular weight excluding hydrogens is 356 g/mol. The quantitative estimate of drug-likeness (QED) is 0.321. The summed E-state index contributed by atoms with van der Waals surface area (Å²) in [6.45, 7) is 5.15. The van der Waals surface area contributed by atoms with Crippen LogP contribution in [0.4, 0.5) is 0 Å². The fourth-order valence-corrected chi connectivity index (χ4v) is 4.03. The van der Waals surface area contributed by atoms with Crippen LogP contribution < -0.4 is 4.74 Å². The maximum absolute atomic E-state index is 9.16. The number of fused-ring (bicyclic) bond motifs is 3. The van der Waals surface area contributed by atoms with Crippen LogP contribution in [-0.4, -0.2) is 11.6 Å². The minimum absolute atomic E-state index is 0.692. The van der Waals surface area contributed by atoms with Crippen molar-refractivity contribution in [3.8, 4) is 11.8 Å². The highest BCUT2D eigenvalue weighted by atomic mass is 16.5. The van der Waals surface area contributed by atoms with Gasteiger partial charge in [0, 0.05) is 22.4 Å². The first-order chi connectivity index (χ1) is 14.2. The van der Waals surface area contributed by atoms with E-state index in [2.05, 4.69) is 37.0 Å². The van der Waals surface area contributed by atoms with E-state index in [4.69, 9.17) is 10.00 Å². The zero-order valence-corrected chi connectivity index (χ0v) is 18.0. The molecular formula is C26H34N2O. The van der Waals surface area contributed by atoms with E-state index in [1.165, 1.54) is 57.8 Å². The Morgan fingerprint density at radius 3 is 2.17 bits per heavy atom. The molecule has 0 aliphatic rings. The first-order valence-electron chi connectivity index (χ1n) is 11.3. The molecule has 0 unspecified atom stereocenters. The summed E-state index contributed by atoms with van der Waals surface area (Å²) in [6, 6.07) is 12.3. The molecule has 0 saturated carbocycles. The van der Waals surface area contributed by atoms with Gasteiger partial charge in [-0.15, -0.1) is 0 Å². The Bertz CT molecular complexity index is 964. The second-order valence-corrected chi connectivity index (χ2v) is 8.19. The lowest BCUT2D eigenvalue weighted by atomic mass is 10.1. The molecule has 2 aromatic carbocycles. The summed E-state index contributed by atoms with van der Waals surface area (Å²) < 4.78 is 6.09. The van der Waals surface area contributed by atoms with Gasteiger partial charge in [-0.2, -0.15) is 5.26 Å². The molecule has 0 fully saturated rings. The number of ether oxygens (including phenoxy) is 1. The number of nitrogens with one attached hydrogen (secondary N) is 1. The van der Waals surface area contributed by atoms with Crippen LogP contribution in [-0.2, 0) is 0 Å². The van der Waals surface area contributed by atoms with Crippen molar-refractivity contribution in [3.05, 3.63) is 41.5 Å². The Hall–Kier alpha value is -2.47. The smallest absolute Gasteiger partial charge is 0.124 e. The minimum atomic E-state index is 0.692. The topological polar surface area (TPSA) is 48.8 Å². The third kappa shape index (κ3) is 5.76. The second-order valence-electron chi connectivity index (χ2n) is 8.19. The van der Waals surface area contributed by atoms with Gasteiger partial charge in [0.15, 0.2) is 0 Å². The van der Waals surface area contributed by atoms with Gasteiger partial charge >= 0.3 is 0 Å². The highest BCUT2D eigenvalue weighted by molar-refractivity contribution is 6.08. The number of hydrogen-bond acceptors (Lipinski definition) is 2. The number of aryl methyl sites for hydroxylation is 1. The van der Waals surface area contributed by atoms with Gasteiger partial charge < -0.3 is 9.72 Å². The summed E-state index contributed by atoms with van der Waals surface area (Å²) in [6.07, 6.45) is 13.4. The molecule has 0 radical (unpaired) electrons. The average molecular weight is 391 g/mol. The van der Waals surface area contributed by atoms with Crippen molar-refractivity contribution in [2.75, 3.05) is 6.61 Å². The molecule has 1 N–H and O–H groups in total. The zero-order valence-electron chi connectivity index (χ0n) is 18.0. The van der Waals surface area contributed by atoms with Crippen molar-refractivity contribution in [2.24, 2.45) is 0 Å². The highest BCUT2D eigenvalue weighted by Crippen LogP contribution is 2.31. The molecule has 1 heterocycles. The predicted molar refractivity (Wildman–Crippen MR) is 123 cm³/mol. The summed E-state index contributed by atoms with van der Waals surface area (Å²) in [7, 11) is 0. The fourth-order valence-electron chi connectivity index (χ4n) is 4.03. The van der Waals surface area contributed by atoms with Gasteiger partial charge in [0.1, 0.15) is 5.75 Å². The molecule has 154 valence electrons. The molecule has 0 spiro atoms. The van der Waals surface area contributed by atoms with Crippen LogP contribution >= 0.6 is 0 Å². The van der Waals surface area contributed by atoms with Crippen molar-refractivity contribution in [3.63, 3.8) is 0 Å². The molecule has 3 nitrogen and oxygen atoms in total. The van der Waals surface area contributed by atoms with Crippen molar-refractivity contribution >= 4 is 21.8 Å². The number of nitrogens with zero attached hydrogens (tertiary/aromatic N) is 1. The Kier molecular flexibility index (Phi) is 7.99. The summed E-state index contributed by atoms with van der Waals surface area (Å²) in [5.74, 6) is 0.959. The zero-order chi connectivity index (χ0) is 20.5. The Morgan fingerprint density at radius 1 is 0.828 bits per heavy atom. The van der Waals surface area contributed by atoms with Crippen LogP contribution in [0.3, 0.4) is 0 Å². The van der Waals surface area contributed by atoms with Crippen molar-refractivity contribution in [1.82, 2.24) is 4.98 Å². The molecule has 3 rings (SSSR count). The van der Waals surface area contributed by atoms with Gasteiger partial charge in [0.2, 0.25) is 0 Å². The Morgan fingerprint density at radius 2 is 1.48 bits per heavy atom. The third-order valence-electron chi connectivity index (χ3n) is 5.78. The van der Waals surface area contributed by atoms with Gasteiger partial charge in [-0.1, -0.05) is 64.7 Å². The summed E-state index contributed by atoms with van der Waals surface area (Å²) >= 11 is 0. The molecule has 0 aliphatic heterocycles. The number of aromatic amines is 1. The van der Waals surface area contributed by atoms with Gasteiger partial charge in [-0.3, -0.25) is 0 Å². The van der Waals surface area contributed by atoms with Crippen LogP contribution in [0.15, 0.2) is 30.3 Å². The number of aromatic nitrogens is 1. The van der Waals surface area contributed by atoms with E-state index >= 15 is 0 Å². The van der Waals surface area contributed by atoms with Gasteiger partial charge in [0.25, 0.3) is 0 Å². The van der Waals surface area contributed by atoms with E-state index in [0.717, 1.165) is 46.1 Å². The summed E-state index contributed by atoms with van der Waals surface area (Å²) in [5, 5.41) is 11.4. The number of hydrogen-bond donors (Lipinski definition) is 1. The molecule has 3 aromatic rings. The van der Waals surface area contributed by atoms with E-state index in [1.807, 2.05) is 18.2 Å². The van der Waals surface area contributed by atoms with E-state index in [9.17, 15) is 0 Å². The Balaban J connectivity index is 1.45. The number of H-pyrrole nitrogens is 1. The maximum Gasteiger partial charge on any atom is 0.124 e. The van der Waals surface area contributed by atoms with Crippen LogP contribution in [0.5, 0.6) is 5.75 Å². The number of nitriles is 1. The number of unbranched alkanes of at least 4 members (excludes halogenated alkanes) is 9. The number of benzene rings is 2. The maximum atomic E-state index is 9.16. The molecule has 0 amide bonds. The molecule has 0 saturated heterocycles. The van der Waals surface area contributed by atoms with Crippen LogP contribution in [0, 0.1) is 18.3 Å². The second kappa shape index (κ2) is 10.9. The van der Waals surface area contributed by atoms with Crippen molar-refractivity contribution < 1.29 is 4.74 Å². The highest BCUT2D eigenvalue weighted by Gasteiger charge is 2.09. The normalized spacial score (nSPS) is 11.2. The van der Waals surface area contributed by atoms with Gasteiger partial charge in [-0.05, 0) is 43.2 Å². The lowest BCUT2D eigenvalue weighted by molar-refractivity contribution is 0.302. The number of rotatable bonds is 12. The predicted octanol–water partition coefficient (Wildman–Crippen LogP) is 7.80. The monoisotopic (exact) mass is 390 g/mol. The van der Waals surface area contributed by atoms with E-state index in [0.29, 0.717) is 5.56 Å². The summed E-state index contributed by atoms with van der Waals surface area (Å²) in [4.78, 5) is 3.45. The summed E-state index contributed by atoms with van der Waals surface area (Å²) in [5.41, 5.74) is 3.97. The van der Waals surface area contributed by atoms with E-state index in [-0.39, 0.29) is 0 Å². The first kappa shape index (κ1) is 21.2. The molecule has 0 bridgehead atoms. The van der Waals surface area contributed by atoms with Crippen molar-refractivity contribution in [2.45, 2.75) is 78.1 Å². The molecule has 29 heavy (non-hydrogen) atoms. The van der Waals surface area contributed by atoms with Crippen LogP contribution in [0.2, 0.25) is 0 Å². The van der Waals surface area contributed by atoms with Crippen LogP contribution in [0.25, 0.3) is 21.8 Å². The molecule has 1 aromatic heterocycles. The Labute approximate surface area is 175 Å². The van der Waals surface area contributed by atoms with Gasteiger partial charge in [0.05, 0.1) is 23.8 Å². The SMILES string of the molecule is CCCCCCCCCCCCOc1cc2[nH]c3ccc(C#N)cc3c2cc1C.